The van der Waals surface area contributed by atoms with Gasteiger partial charge in [0, 0.05) is 12.6 Å². The molecule has 3 aromatic rings. The van der Waals surface area contributed by atoms with E-state index in [0.717, 1.165) is 6.54 Å². The molecule has 1 unspecified atom stereocenters. The zero-order valence-corrected chi connectivity index (χ0v) is 12.0. The lowest BCUT2D eigenvalue weighted by molar-refractivity contribution is 0.531. The third-order valence-corrected chi connectivity index (χ3v) is 4.55. The van der Waals surface area contributed by atoms with E-state index in [1.807, 2.05) is 0 Å². The first-order valence-electron chi connectivity index (χ1n) is 7.69. The lowest BCUT2D eigenvalue weighted by Gasteiger charge is -2.15. The van der Waals surface area contributed by atoms with Crippen LogP contribution in [0.1, 0.15) is 29.2 Å². The predicted octanol–water partition coefficient (Wildman–Crippen LogP) is 4.62. The van der Waals surface area contributed by atoms with Crippen molar-refractivity contribution in [3.05, 3.63) is 83.4 Å². The Hall–Kier alpha value is -2.12. The Balaban J connectivity index is 1.57. The van der Waals surface area contributed by atoms with Crippen molar-refractivity contribution in [2.45, 2.75) is 25.4 Å². The van der Waals surface area contributed by atoms with Gasteiger partial charge >= 0.3 is 0 Å². The number of hydrogen-bond donors (Lipinski definition) is 1. The van der Waals surface area contributed by atoms with Crippen LogP contribution >= 0.6 is 0 Å². The second-order valence-electron chi connectivity index (χ2n) is 5.81. The van der Waals surface area contributed by atoms with Gasteiger partial charge in [-0.1, -0.05) is 66.7 Å². The zero-order chi connectivity index (χ0) is 14.1. The van der Waals surface area contributed by atoms with E-state index >= 15 is 0 Å². The van der Waals surface area contributed by atoms with Gasteiger partial charge in [0.25, 0.3) is 0 Å². The quantitative estimate of drug-likeness (QED) is 0.734. The van der Waals surface area contributed by atoms with Crippen molar-refractivity contribution in [1.82, 2.24) is 5.32 Å². The monoisotopic (exact) mass is 273 g/mol. The summed E-state index contributed by atoms with van der Waals surface area (Å²) in [5, 5.41) is 6.43. The van der Waals surface area contributed by atoms with Crippen LogP contribution in [0, 0.1) is 0 Å². The molecule has 4 rings (SSSR count). The summed E-state index contributed by atoms with van der Waals surface area (Å²) >= 11 is 0. The van der Waals surface area contributed by atoms with Crippen LogP contribution < -0.4 is 5.32 Å². The smallest absolute Gasteiger partial charge is 0.0329 e. The highest BCUT2D eigenvalue weighted by molar-refractivity contribution is 5.85. The number of benzene rings is 3. The van der Waals surface area contributed by atoms with Gasteiger partial charge in [-0.2, -0.15) is 0 Å². The van der Waals surface area contributed by atoms with Crippen molar-refractivity contribution >= 4 is 10.8 Å². The van der Waals surface area contributed by atoms with Crippen LogP contribution in [0.15, 0.2) is 66.7 Å². The highest BCUT2D eigenvalue weighted by Gasteiger charge is 2.21. The molecule has 1 heteroatoms. The van der Waals surface area contributed by atoms with Gasteiger partial charge in [-0.05, 0) is 40.3 Å². The number of nitrogens with one attached hydrogen (secondary N) is 1. The fourth-order valence-electron chi connectivity index (χ4n) is 3.45. The first kappa shape index (κ1) is 12.6. The summed E-state index contributed by atoms with van der Waals surface area (Å²) in [5.74, 6) is 0. The lowest BCUT2D eigenvalue weighted by Crippen LogP contribution is -2.18. The molecule has 0 aliphatic heterocycles. The molecule has 1 N–H and O–H groups in total. The summed E-state index contributed by atoms with van der Waals surface area (Å²) in [6.07, 6.45) is 2.41. The fourth-order valence-corrected chi connectivity index (χ4v) is 3.45. The van der Waals surface area contributed by atoms with E-state index < -0.39 is 0 Å². The van der Waals surface area contributed by atoms with E-state index in [1.54, 1.807) is 0 Å². The van der Waals surface area contributed by atoms with Gasteiger partial charge in [-0.25, -0.2) is 0 Å². The molecule has 1 aliphatic carbocycles. The minimum absolute atomic E-state index is 0.500. The van der Waals surface area contributed by atoms with Crippen LogP contribution in [0.5, 0.6) is 0 Å². The molecule has 0 bridgehead atoms. The Morgan fingerprint density at radius 1 is 0.857 bits per heavy atom. The molecular formula is C20H19N. The van der Waals surface area contributed by atoms with Crippen molar-refractivity contribution in [2.75, 3.05) is 0 Å². The maximum absolute atomic E-state index is 3.75. The maximum Gasteiger partial charge on any atom is 0.0329 e. The molecule has 0 saturated heterocycles. The summed E-state index contributed by atoms with van der Waals surface area (Å²) < 4.78 is 0. The minimum Gasteiger partial charge on any atom is -0.306 e. The lowest BCUT2D eigenvalue weighted by atomic mass is 10.0. The van der Waals surface area contributed by atoms with E-state index in [2.05, 4.69) is 72.0 Å². The maximum atomic E-state index is 3.75. The Morgan fingerprint density at radius 2 is 1.67 bits per heavy atom. The Morgan fingerprint density at radius 3 is 2.67 bits per heavy atom. The molecular weight excluding hydrogens is 254 g/mol. The van der Waals surface area contributed by atoms with Gasteiger partial charge in [-0.15, -0.1) is 0 Å². The largest absolute Gasteiger partial charge is 0.306 e. The topological polar surface area (TPSA) is 12.0 Å². The highest BCUT2D eigenvalue weighted by atomic mass is 14.9. The predicted molar refractivity (Wildman–Crippen MR) is 88.3 cm³/mol. The van der Waals surface area contributed by atoms with Crippen molar-refractivity contribution in [2.24, 2.45) is 0 Å². The number of fused-ring (bicyclic) bond motifs is 2. The van der Waals surface area contributed by atoms with Crippen molar-refractivity contribution < 1.29 is 0 Å². The third-order valence-electron chi connectivity index (χ3n) is 4.55. The summed E-state index contributed by atoms with van der Waals surface area (Å²) in [5.41, 5.74) is 4.38. The van der Waals surface area contributed by atoms with E-state index in [1.165, 1.54) is 40.3 Å². The van der Waals surface area contributed by atoms with Gasteiger partial charge in [0.2, 0.25) is 0 Å². The number of aryl methyl sites for hydroxylation is 1. The van der Waals surface area contributed by atoms with Crippen LogP contribution in [0.25, 0.3) is 10.8 Å². The van der Waals surface area contributed by atoms with E-state index in [9.17, 15) is 0 Å². The molecule has 1 atom stereocenters. The molecule has 0 spiro atoms. The third kappa shape index (κ3) is 2.34. The second-order valence-corrected chi connectivity index (χ2v) is 5.81. The van der Waals surface area contributed by atoms with Gasteiger partial charge in [0.1, 0.15) is 0 Å². The molecule has 3 aromatic carbocycles. The SMILES string of the molecule is c1ccc2c(c1)CCC2NCc1cccc2ccccc12. The summed E-state index contributed by atoms with van der Waals surface area (Å²) in [7, 11) is 0. The van der Waals surface area contributed by atoms with Crippen molar-refractivity contribution in [3.63, 3.8) is 0 Å². The second kappa shape index (κ2) is 5.34. The van der Waals surface area contributed by atoms with Crippen LogP contribution in [0.2, 0.25) is 0 Å². The molecule has 0 radical (unpaired) electrons. The van der Waals surface area contributed by atoms with E-state index in [4.69, 9.17) is 0 Å². The van der Waals surface area contributed by atoms with E-state index in [-0.39, 0.29) is 0 Å². The molecule has 1 aliphatic rings. The minimum atomic E-state index is 0.500. The number of hydrogen-bond acceptors (Lipinski definition) is 1. The van der Waals surface area contributed by atoms with Crippen LogP contribution in [0.4, 0.5) is 0 Å². The van der Waals surface area contributed by atoms with Crippen molar-refractivity contribution in [1.29, 1.82) is 0 Å². The summed E-state index contributed by atoms with van der Waals surface area (Å²) in [4.78, 5) is 0. The number of rotatable bonds is 3. The molecule has 21 heavy (non-hydrogen) atoms. The zero-order valence-electron chi connectivity index (χ0n) is 12.0. The molecule has 0 aromatic heterocycles. The molecule has 1 nitrogen and oxygen atoms in total. The average molecular weight is 273 g/mol. The van der Waals surface area contributed by atoms with E-state index in [0.29, 0.717) is 6.04 Å². The van der Waals surface area contributed by atoms with Gasteiger partial charge in [-0.3, -0.25) is 0 Å². The van der Waals surface area contributed by atoms with Crippen LogP contribution in [0.3, 0.4) is 0 Å². The molecule has 0 saturated carbocycles. The van der Waals surface area contributed by atoms with Crippen molar-refractivity contribution in [3.8, 4) is 0 Å². The Labute approximate surface area is 125 Å². The first-order valence-corrected chi connectivity index (χ1v) is 7.69. The van der Waals surface area contributed by atoms with Gasteiger partial charge in [0.15, 0.2) is 0 Å². The first-order chi connectivity index (χ1) is 10.4. The van der Waals surface area contributed by atoms with Gasteiger partial charge < -0.3 is 5.32 Å². The van der Waals surface area contributed by atoms with Gasteiger partial charge in [0.05, 0.1) is 0 Å². The molecule has 104 valence electrons. The average Bonchev–Trinajstić information content (AvgIpc) is 2.96. The fraction of sp³-hybridized carbons (Fsp3) is 0.200. The highest BCUT2D eigenvalue weighted by Crippen LogP contribution is 2.31. The standard InChI is InChI=1S/C20H19N/c1-3-10-18-15(6-1)8-5-9-17(18)14-21-20-13-12-16-7-2-4-11-19(16)20/h1-11,20-21H,12-14H2. The van der Waals surface area contributed by atoms with Crippen LogP contribution in [-0.2, 0) is 13.0 Å². The summed E-state index contributed by atoms with van der Waals surface area (Å²) in [6, 6.07) is 24.5. The molecule has 0 amide bonds. The Bertz CT molecular complexity index is 770. The molecule has 0 fully saturated rings. The molecule has 0 heterocycles. The normalized spacial score (nSPS) is 17.0. The summed E-state index contributed by atoms with van der Waals surface area (Å²) in [6.45, 7) is 0.931. The Kier molecular flexibility index (Phi) is 3.21. The van der Waals surface area contributed by atoms with Crippen LogP contribution in [-0.4, -0.2) is 0 Å².